The fourth-order valence-electron chi connectivity index (χ4n) is 2.16. The van der Waals surface area contributed by atoms with E-state index in [1.54, 1.807) is 41.8 Å². The van der Waals surface area contributed by atoms with Crippen molar-refractivity contribution >= 4 is 27.1 Å². The maximum Gasteiger partial charge on any atom is 0.220 e. The molecule has 6 heteroatoms. The Bertz CT molecular complexity index is 694. The van der Waals surface area contributed by atoms with Gasteiger partial charge >= 0.3 is 0 Å². The van der Waals surface area contributed by atoms with E-state index in [9.17, 15) is 13.2 Å². The molecule has 4 nitrogen and oxygen atoms in total. The normalized spacial score (nSPS) is 12.8. The topological polar surface area (TPSA) is 63.2 Å². The maximum atomic E-state index is 12.8. The second-order valence-electron chi connectivity index (χ2n) is 4.93. The average Bonchev–Trinajstić information content (AvgIpc) is 3.03. The zero-order valence-electron chi connectivity index (χ0n) is 12.4. The van der Waals surface area contributed by atoms with Gasteiger partial charge in [0.25, 0.3) is 0 Å². The number of carbonyl (C=O) groups excluding carboxylic acids is 1. The third-order valence-electron chi connectivity index (χ3n) is 3.28. The highest BCUT2D eigenvalue weighted by Gasteiger charge is 2.30. The quantitative estimate of drug-likeness (QED) is 0.844. The van der Waals surface area contributed by atoms with Crippen molar-refractivity contribution in [1.82, 2.24) is 5.32 Å². The molecule has 0 fully saturated rings. The Morgan fingerprint density at radius 2 is 1.91 bits per heavy atom. The van der Waals surface area contributed by atoms with Gasteiger partial charge in [-0.1, -0.05) is 43.3 Å². The molecule has 2 aromatic rings. The smallest absolute Gasteiger partial charge is 0.220 e. The molecule has 118 valence electrons. The first-order valence-electron chi connectivity index (χ1n) is 7.14. The van der Waals surface area contributed by atoms with Crippen molar-refractivity contribution < 1.29 is 13.2 Å². The number of carbonyl (C=O) groups is 1. The summed E-state index contributed by atoms with van der Waals surface area (Å²) in [6.07, 6.45) is 1.14. The van der Waals surface area contributed by atoms with Gasteiger partial charge in [-0.15, -0.1) is 11.3 Å². The van der Waals surface area contributed by atoms with Crippen molar-refractivity contribution in [2.75, 3.05) is 6.54 Å². The van der Waals surface area contributed by atoms with E-state index in [0.29, 0.717) is 16.2 Å². The predicted octanol–water partition coefficient (Wildman–Crippen LogP) is 3.18. The zero-order chi connectivity index (χ0) is 16.0. The second kappa shape index (κ2) is 7.56. The van der Waals surface area contributed by atoms with E-state index in [1.807, 2.05) is 13.0 Å². The monoisotopic (exact) mass is 337 g/mol. The summed E-state index contributed by atoms with van der Waals surface area (Å²) >= 11 is 1.20. The van der Waals surface area contributed by atoms with Gasteiger partial charge < -0.3 is 5.32 Å². The zero-order valence-corrected chi connectivity index (χ0v) is 14.0. The van der Waals surface area contributed by atoms with Gasteiger partial charge in [0.2, 0.25) is 5.91 Å². The molecule has 22 heavy (non-hydrogen) atoms. The standard InChI is InChI=1S/C16H19NO3S2/c1-2-7-15(18)17-12-14(13-8-4-3-5-9-13)22(19,20)16-10-6-11-21-16/h3-6,8-11,14H,2,7,12H2,1H3,(H,17,18)/t14-/m0/s1. The summed E-state index contributed by atoms with van der Waals surface area (Å²) in [7, 11) is -3.52. The van der Waals surface area contributed by atoms with Gasteiger partial charge in [-0.25, -0.2) is 8.42 Å². The van der Waals surface area contributed by atoms with Crippen LogP contribution in [0.25, 0.3) is 0 Å². The molecule has 0 aliphatic carbocycles. The van der Waals surface area contributed by atoms with Gasteiger partial charge in [0.05, 0.1) is 0 Å². The fraction of sp³-hybridized carbons (Fsp3) is 0.312. The average molecular weight is 337 g/mol. The third kappa shape index (κ3) is 3.96. The van der Waals surface area contributed by atoms with Crippen molar-refractivity contribution in [3.05, 3.63) is 53.4 Å². The molecule has 0 radical (unpaired) electrons. The number of nitrogens with one attached hydrogen (secondary N) is 1. The van der Waals surface area contributed by atoms with E-state index in [1.165, 1.54) is 11.3 Å². The van der Waals surface area contributed by atoms with Crippen LogP contribution in [0.4, 0.5) is 0 Å². The van der Waals surface area contributed by atoms with Gasteiger partial charge in [0, 0.05) is 13.0 Å². The minimum absolute atomic E-state index is 0.0864. The molecule has 1 N–H and O–H groups in total. The lowest BCUT2D eigenvalue weighted by Gasteiger charge is -2.18. The van der Waals surface area contributed by atoms with Crippen LogP contribution < -0.4 is 5.32 Å². The Balaban J connectivity index is 2.28. The first kappa shape index (κ1) is 16.7. The van der Waals surface area contributed by atoms with Crippen LogP contribution in [-0.2, 0) is 14.6 Å². The molecule has 0 unspecified atom stereocenters. The van der Waals surface area contributed by atoms with Crippen molar-refractivity contribution in [3.63, 3.8) is 0 Å². The molecule has 0 spiro atoms. The summed E-state index contributed by atoms with van der Waals surface area (Å²) in [5.74, 6) is -0.121. The lowest BCUT2D eigenvalue weighted by Crippen LogP contribution is -2.31. The van der Waals surface area contributed by atoms with Gasteiger partial charge in [0.15, 0.2) is 9.84 Å². The van der Waals surface area contributed by atoms with E-state index in [-0.39, 0.29) is 12.5 Å². The minimum atomic E-state index is -3.52. The largest absolute Gasteiger partial charge is 0.354 e. The molecule has 0 saturated carbocycles. The van der Waals surface area contributed by atoms with E-state index in [4.69, 9.17) is 0 Å². The first-order chi connectivity index (χ1) is 10.6. The van der Waals surface area contributed by atoms with Gasteiger partial charge in [0.1, 0.15) is 9.46 Å². The highest BCUT2D eigenvalue weighted by Crippen LogP contribution is 2.31. The second-order valence-corrected chi connectivity index (χ2v) is 8.24. The van der Waals surface area contributed by atoms with Crippen molar-refractivity contribution in [2.24, 2.45) is 0 Å². The van der Waals surface area contributed by atoms with Crippen LogP contribution >= 0.6 is 11.3 Å². The Morgan fingerprint density at radius 1 is 1.18 bits per heavy atom. The van der Waals surface area contributed by atoms with Gasteiger partial charge in [-0.3, -0.25) is 4.79 Å². The molecule has 0 bridgehead atoms. The van der Waals surface area contributed by atoms with Crippen molar-refractivity contribution in [3.8, 4) is 0 Å². The van der Waals surface area contributed by atoms with Crippen LogP contribution in [0, 0.1) is 0 Å². The summed E-state index contributed by atoms with van der Waals surface area (Å²) in [4.78, 5) is 11.7. The summed E-state index contributed by atoms with van der Waals surface area (Å²) in [6.45, 7) is 2.00. The van der Waals surface area contributed by atoms with Gasteiger partial charge in [-0.2, -0.15) is 0 Å². The SMILES string of the molecule is CCCC(=O)NC[C@@H](c1ccccc1)S(=O)(=O)c1cccs1. The van der Waals surface area contributed by atoms with Crippen LogP contribution in [-0.4, -0.2) is 20.9 Å². The number of hydrogen-bond donors (Lipinski definition) is 1. The number of thiophene rings is 1. The van der Waals surface area contributed by atoms with Crippen molar-refractivity contribution in [1.29, 1.82) is 0 Å². The van der Waals surface area contributed by atoms with Crippen LogP contribution in [0.2, 0.25) is 0 Å². The Kier molecular flexibility index (Phi) is 5.74. The van der Waals surface area contributed by atoms with E-state index >= 15 is 0 Å². The van der Waals surface area contributed by atoms with Crippen molar-refractivity contribution in [2.45, 2.75) is 29.2 Å². The molecule has 1 heterocycles. The Labute approximate surface area is 135 Å². The van der Waals surface area contributed by atoms with E-state index < -0.39 is 15.1 Å². The molecular formula is C16H19NO3S2. The summed E-state index contributed by atoms with van der Waals surface area (Å²) in [6, 6.07) is 12.3. The van der Waals surface area contributed by atoms with Crippen LogP contribution in [0.1, 0.15) is 30.6 Å². The fourth-order valence-corrected chi connectivity index (χ4v) is 5.03. The van der Waals surface area contributed by atoms with Crippen LogP contribution in [0.3, 0.4) is 0 Å². The highest BCUT2D eigenvalue weighted by molar-refractivity contribution is 7.93. The number of sulfone groups is 1. The summed E-state index contributed by atoms with van der Waals surface area (Å²) in [5, 5.41) is 3.71. The highest BCUT2D eigenvalue weighted by atomic mass is 32.2. The van der Waals surface area contributed by atoms with Crippen LogP contribution in [0.15, 0.2) is 52.1 Å². The molecule has 0 aliphatic heterocycles. The third-order valence-corrected chi connectivity index (χ3v) is 6.82. The molecular weight excluding hydrogens is 318 g/mol. The summed E-state index contributed by atoms with van der Waals surface area (Å²) < 4.78 is 26.0. The van der Waals surface area contributed by atoms with Crippen LogP contribution in [0.5, 0.6) is 0 Å². The number of hydrogen-bond acceptors (Lipinski definition) is 4. The minimum Gasteiger partial charge on any atom is -0.354 e. The molecule has 1 aromatic heterocycles. The molecule has 1 atom stereocenters. The molecule has 0 aliphatic rings. The molecule has 2 rings (SSSR count). The number of amides is 1. The first-order valence-corrected chi connectivity index (χ1v) is 9.57. The van der Waals surface area contributed by atoms with E-state index in [2.05, 4.69) is 5.32 Å². The molecule has 0 saturated heterocycles. The van der Waals surface area contributed by atoms with Gasteiger partial charge in [-0.05, 0) is 23.4 Å². The lowest BCUT2D eigenvalue weighted by molar-refractivity contribution is -0.121. The number of benzene rings is 1. The maximum absolute atomic E-state index is 12.8. The van der Waals surface area contributed by atoms with E-state index in [0.717, 1.165) is 6.42 Å². The lowest BCUT2D eigenvalue weighted by atomic mass is 10.1. The predicted molar refractivity (Wildman–Crippen MR) is 88.6 cm³/mol. The summed E-state index contributed by atoms with van der Waals surface area (Å²) in [5.41, 5.74) is 0.688. The Hall–Kier alpha value is -1.66. The molecule has 1 amide bonds. The molecule has 1 aromatic carbocycles. The Morgan fingerprint density at radius 3 is 2.50 bits per heavy atom. The number of rotatable bonds is 7.